The van der Waals surface area contributed by atoms with Gasteiger partial charge in [-0.2, -0.15) is 0 Å². The second-order valence-electron chi connectivity index (χ2n) is 5.53. The van der Waals surface area contributed by atoms with Gasteiger partial charge in [0.1, 0.15) is 0 Å². The summed E-state index contributed by atoms with van der Waals surface area (Å²) >= 11 is 0. The van der Waals surface area contributed by atoms with Gasteiger partial charge in [0.15, 0.2) is 0 Å². The molecule has 1 aromatic rings. The van der Waals surface area contributed by atoms with E-state index >= 15 is 0 Å². The molecule has 0 aromatic heterocycles. The van der Waals surface area contributed by atoms with Gasteiger partial charge < -0.3 is 10.6 Å². The number of rotatable bonds is 4. The number of hydrogen-bond acceptors (Lipinski definition) is 2. The van der Waals surface area contributed by atoms with E-state index in [1.165, 1.54) is 11.1 Å². The largest absolute Gasteiger partial charge is 0.334 e. The van der Waals surface area contributed by atoms with Crippen LogP contribution in [0.5, 0.6) is 0 Å². The lowest BCUT2D eigenvalue weighted by Gasteiger charge is -2.23. The molecule has 0 saturated carbocycles. The van der Waals surface area contributed by atoms with Crippen LogP contribution in [0.1, 0.15) is 31.4 Å². The molecule has 18 heavy (non-hydrogen) atoms. The maximum absolute atomic E-state index is 12.4. The summed E-state index contributed by atoms with van der Waals surface area (Å²) in [6, 6.07) is 8.26. The van der Waals surface area contributed by atoms with Crippen molar-refractivity contribution in [1.29, 1.82) is 0 Å². The Bertz CT molecular complexity index is 403. The molecular formula is C15H22N2O. The van der Waals surface area contributed by atoms with E-state index in [0.29, 0.717) is 12.5 Å². The summed E-state index contributed by atoms with van der Waals surface area (Å²) in [5, 5.41) is 0. The van der Waals surface area contributed by atoms with Crippen LogP contribution in [-0.2, 0) is 17.9 Å². The lowest BCUT2D eigenvalue weighted by Crippen LogP contribution is -2.36. The number of nitrogens with two attached hydrogens (primary N) is 1. The minimum atomic E-state index is -0.0284. The molecule has 1 amide bonds. The van der Waals surface area contributed by atoms with Gasteiger partial charge in [-0.25, -0.2) is 0 Å². The van der Waals surface area contributed by atoms with Crippen molar-refractivity contribution in [3.05, 3.63) is 35.4 Å². The number of carbonyl (C=O) groups is 1. The molecule has 1 aliphatic heterocycles. The zero-order chi connectivity index (χ0) is 13.1. The van der Waals surface area contributed by atoms with E-state index in [9.17, 15) is 4.79 Å². The van der Waals surface area contributed by atoms with E-state index < -0.39 is 0 Å². The highest BCUT2D eigenvalue weighted by molar-refractivity contribution is 5.79. The summed E-state index contributed by atoms with van der Waals surface area (Å²) < 4.78 is 0. The van der Waals surface area contributed by atoms with E-state index in [2.05, 4.69) is 26.0 Å². The minimum Gasteiger partial charge on any atom is -0.334 e. The first-order valence-electron chi connectivity index (χ1n) is 6.67. The van der Waals surface area contributed by atoms with Crippen molar-refractivity contribution in [3.63, 3.8) is 0 Å². The van der Waals surface area contributed by atoms with Crippen LogP contribution in [0.15, 0.2) is 24.3 Å². The summed E-state index contributed by atoms with van der Waals surface area (Å²) in [5.41, 5.74) is 8.29. The SMILES string of the molecule is CC(C)CC(CN)C(=O)N1Cc2ccccc2C1. The van der Waals surface area contributed by atoms with Gasteiger partial charge >= 0.3 is 0 Å². The van der Waals surface area contributed by atoms with Crippen LogP contribution in [0.2, 0.25) is 0 Å². The number of benzene rings is 1. The van der Waals surface area contributed by atoms with E-state index in [1.54, 1.807) is 0 Å². The molecule has 1 atom stereocenters. The highest BCUT2D eigenvalue weighted by Crippen LogP contribution is 2.25. The van der Waals surface area contributed by atoms with Crippen LogP contribution in [0, 0.1) is 11.8 Å². The van der Waals surface area contributed by atoms with Crippen molar-refractivity contribution in [1.82, 2.24) is 4.90 Å². The van der Waals surface area contributed by atoms with Crippen LogP contribution in [0.25, 0.3) is 0 Å². The summed E-state index contributed by atoms with van der Waals surface area (Å²) in [6.45, 7) is 6.19. The predicted molar refractivity (Wildman–Crippen MR) is 72.7 cm³/mol. The smallest absolute Gasteiger partial charge is 0.227 e. The Morgan fingerprint density at radius 1 is 1.28 bits per heavy atom. The van der Waals surface area contributed by atoms with Crippen molar-refractivity contribution in [2.45, 2.75) is 33.4 Å². The van der Waals surface area contributed by atoms with Gasteiger partial charge in [0.2, 0.25) is 5.91 Å². The molecule has 0 fully saturated rings. The normalized spacial score (nSPS) is 15.9. The molecule has 0 bridgehead atoms. The monoisotopic (exact) mass is 246 g/mol. The topological polar surface area (TPSA) is 46.3 Å². The first-order valence-corrected chi connectivity index (χ1v) is 6.67. The highest BCUT2D eigenvalue weighted by Gasteiger charge is 2.28. The van der Waals surface area contributed by atoms with Crippen molar-refractivity contribution in [2.24, 2.45) is 17.6 Å². The van der Waals surface area contributed by atoms with Gasteiger partial charge in [0.25, 0.3) is 0 Å². The molecule has 0 radical (unpaired) electrons. The zero-order valence-electron chi connectivity index (χ0n) is 11.2. The minimum absolute atomic E-state index is 0.0284. The van der Waals surface area contributed by atoms with Crippen molar-refractivity contribution in [2.75, 3.05) is 6.54 Å². The Hall–Kier alpha value is -1.35. The summed E-state index contributed by atoms with van der Waals surface area (Å²) in [5.74, 6) is 0.689. The second kappa shape index (κ2) is 5.53. The van der Waals surface area contributed by atoms with E-state index in [4.69, 9.17) is 5.73 Å². The van der Waals surface area contributed by atoms with E-state index in [1.807, 2.05) is 17.0 Å². The maximum Gasteiger partial charge on any atom is 0.227 e. The van der Waals surface area contributed by atoms with Crippen LogP contribution in [0.4, 0.5) is 0 Å². The molecular weight excluding hydrogens is 224 g/mol. The number of amides is 1. The fraction of sp³-hybridized carbons (Fsp3) is 0.533. The van der Waals surface area contributed by atoms with Gasteiger partial charge in [0, 0.05) is 19.6 Å². The number of hydrogen-bond donors (Lipinski definition) is 1. The van der Waals surface area contributed by atoms with Gasteiger partial charge in [0.05, 0.1) is 5.92 Å². The fourth-order valence-corrected chi connectivity index (χ4v) is 2.61. The first-order chi connectivity index (χ1) is 8.61. The maximum atomic E-state index is 12.4. The molecule has 1 aliphatic rings. The summed E-state index contributed by atoms with van der Waals surface area (Å²) in [7, 11) is 0. The standard InChI is InChI=1S/C15H22N2O/c1-11(2)7-14(8-16)15(18)17-9-12-5-3-4-6-13(12)10-17/h3-6,11,14H,7-10,16H2,1-2H3. The van der Waals surface area contributed by atoms with Gasteiger partial charge in [-0.05, 0) is 23.5 Å². The molecule has 3 nitrogen and oxygen atoms in total. The van der Waals surface area contributed by atoms with Crippen LogP contribution >= 0.6 is 0 Å². The first kappa shape index (κ1) is 13.1. The van der Waals surface area contributed by atoms with Crippen molar-refractivity contribution in [3.8, 4) is 0 Å². The van der Waals surface area contributed by atoms with Crippen LogP contribution in [-0.4, -0.2) is 17.4 Å². The van der Waals surface area contributed by atoms with Gasteiger partial charge in [-0.1, -0.05) is 38.1 Å². The fourth-order valence-electron chi connectivity index (χ4n) is 2.61. The van der Waals surface area contributed by atoms with Crippen LogP contribution in [0.3, 0.4) is 0 Å². The summed E-state index contributed by atoms with van der Waals surface area (Å²) in [6.07, 6.45) is 0.877. The third kappa shape index (κ3) is 2.72. The molecule has 1 heterocycles. The Morgan fingerprint density at radius 2 is 1.83 bits per heavy atom. The Balaban J connectivity index is 2.04. The van der Waals surface area contributed by atoms with Crippen LogP contribution < -0.4 is 5.73 Å². The Kier molecular flexibility index (Phi) is 4.02. The van der Waals surface area contributed by atoms with Crippen molar-refractivity contribution < 1.29 is 4.79 Å². The molecule has 98 valence electrons. The summed E-state index contributed by atoms with van der Waals surface area (Å²) in [4.78, 5) is 14.4. The number of carbonyl (C=O) groups excluding carboxylic acids is 1. The Labute approximate surface area is 109 Å². The highest BCUT2D eigenvalue weighted by atomic mass is 16.2. The lowest BCUT2D eigenvalue weighted by atomic mass is 9.96. The quantitative estimate of drug-likeness (QED) is 0.885. The molecule has 3 heteroatoms. The molecule has 0 saturated heterocycles. The van der Waals surface area contributed by atoms with E-state index in [0.717, 1.165) is 19.5 Å². The zero-order valence-corrected chi connectivity index (χ0v) is 11.2. The molecule has 2 rings (SSSR count). The van der Waals surface area contributed by atoms with Crippen molar-refractivity contribution >= 4 is 5.91 Å². The Morgan fingerprint density at radius 3 is 2.28 bits per heavy atom. The van der Waals surface area contributed by atoms with E-state index in [-0.39, 0.29) is 11.8 Å². The third-order valence-electron chi connectivity index (χ3n) is 3.54. The van der Waals surface area contributed by atoms with Gasteiger partial charge in [-0.15, -0.1) is 0 Å². The molecule has 0 spiro atoms. The third-order valence-corrected chi connectivity index (χ3v) is 3.54. The predicted octanol–water partition coefficient (Wildman–Crippen LogP) is 2.15. The second-order valence-corrected chi connectivity index (χ2v) is 5.53. The molecule has 2 N–H and O–H groups in total. The molecule has 1 aromatic carbocycles. The number of fused-ring (bicyclic) bond motifs is 1. The van der Waals surface area contributed by atoms with Gasteiger partial charge in [-0.3, -0.25) is 4.79 Å². The lowest BCUT2D eigenvalue weighted by molar-refractivity contribution is -0.136. The number of nitrogens with zero attached hydrogens (tertiary/aromatic N) is 1. The average Bonchev–Trinajstić information content (AvgIpc) is 2.78. The molecule has 1 unspecified atom stereocenters. The average molecular weight is 246 g/mol. The molecule has 0 aliphatic carbocycles.